The molecule has 0 aliphatic rings. The van der Waals surface area contributed by atoms with Gasteiger partial charge in [-0.05, 0) is 16.5 Å². The number of ether oxygens (including phenoxy) is 2. The quantitative estimate of drug-likeness (QED) is 0.584. The standard InChI is InChI=1S/C12H14N4O3S/c1-18-10-6-4-3-5-9(10)8-20-12-13-14-15-16(12)7-11(17)19-2/h3-6H,7-8H2,1-2H3. The molecule has 1 aromatic carbocycles. The molecule has 2 rings (SSSR count). The van der Waals surface area contributed by atoms with E-state index in [4.69, 9.17) is 4.74 Å². The van der Waals surface area contributed by atoms with Crippen molar-refractivity contribution in [2.24, 2.45) is 0 Å². The Kier molecular flexibility index (Phi) is 4.94. The number of hydrogen-bond acceptors (Lipinski definition) is 7. The summed E-state index contributed by atoms with van der Waals surface area (Å²) in [6, 6.07) is 7.72. The molecule has 106 valence electrons. The zero-order valence-corrected chi connectivity index (χ0v) is 12.0. The molecular formula is C12H14N4O3S. The van der Waals surface area contributed by atoms with Crippen LogP contribution in [0.1, 0.15) is 5.56 Å². The van der Waals surface area contributed by atoms with Crippen molar-refractivity contribution < 1.29 is 14.3 Å². The van der Waals surface area contributed by atoms with Gasteiger partial charge in [0, 0.05) is 11.3 Å². The summed E-state index contributed by atoms with van der Waals surface area (Å²) in [6.45, 7) is -0.00222. The minimum atomic E-state index is -0.392. The molecule has 7 nitrogen and oxygen atoms in total. The summed E-state index contributed by atoms with van der Waals surface area (Å²) < 4.78 is 11.3. The number of benzene rings is 1. The molecule has 1 aromatic heterocycles. The zero-order valence-electron chi connectivity index (χ0n) is 11.1. The van der Waals surface area contributed by atoms with Crippen LogP contribution in [-0.4, -0.2) is 40.4 Å². The fourth-order valence-corrected chi connectivity index (χ4v) is 2.42. The van der Waals surface area contributed by atoms with Crippen LogP contribution in [0.25, 0.3) is 0 Å². The highest BCUT2D eigenvalue weighted by atomic mass is 32.2. The molecule has 0 fully saturated rings. The number of carbonyl (C=O) groups is 1. The predicted octanol–water partition coefficient (Wildman–Crippen LogP) is 1.15. The topological polar surface area (TPSA) is 79.1 Å². The van der Waals surface area contributed by atoms with Gasteiger partial charge in [-0.3, -0.25) is 4.79 Å². The third kappa shape index (κ3) is 3.47. The summed E-state index contributed by atoms with van der Waals surface area (Å²) in [7, 11) is 2.96. The first kappa shape index (κ1) is 14.3. The van der Waals surface area contributed by atoms with Crippen LogP contribution in [0.4, 0.5) is 0 Å². The summed E-state index contributed by atoms with van der Waals surface area (Å²) in [5.74, 6) is 1.06. The van der Waals surface area contributed by atoms with Crippen LogP contribution in [0.15, 0.2) is 29.4 Å². The largest absolute Gasteiger partial charge is 0.496 e. The number of rotatable bonds is 6. The van der Waals surface area contributed by atoms with E-state index < -0.39 is 5.97 Å². The van der Waals surface area contributed by atoms with Crippen LogP contribution in [0, 0.1) is 0 Å². The van der Waals surface area contributed by atoms with E-state index in [2.05, 4.69) is 20.3 Å². The van der Waals surface area contributed by atoms with Gasteiger partial charge in [0.25, 0.3) is 0 Å². The lowest BCUT2D eigenvalue weighted by Crippen LogP contribution is -2.13. The van der Waals surface area contributed by atoms with Crippen LogP contribution in [0.3, 0.4) is 0 Å². The van der Waals surface area contributed by atoms with Crippen LogP contribution in [-0.2, 0) is 21.8 Å². The summed E-state index contributed by atoms with van der Waals surface area (Å²) in [5, 5.41) is 11.8. The number of nitrogens with zero attached hydrogens (tertiary/aromatic N) is 4. The van der Waals surface area contributed by atoms with Crippen molar-refractivity contribution in [3.8, 4) is 5.75 Å². The number of aromatic nitrogens is 4. The van der Waals surface area contributed by atoms with Gasteiger partial charge in [0.2, 0.25) is 5.16 Å². The Morgan fingerprint density at radius 2 is 2.15 bits per heavy atom. The highest BCUT2D eigenvalue weighted by Crippen LogP contribution is 2.26. The molecule has 0 bridgehead atoms. The van der Waals surface area contributed by atoms with E-state index in [1.165, 1.54) is 23.6 Å². The van der Waals surface area contributed by atoms with E-state index in [1.807, 2.05) is 24.3 Å². The van der Waals surface area contributed by atoms with Gasteiger partial charge in [-0.2, -0.15) is 0 Å². The molecule has 0 amide bonds. The lowest BCUT2D eigenvalue weighted by atomic mass is 10.2. The maximum atomic E-state index is 11.2. The molecule has 0 unspecified atom stereocenters. The monoisotopic (exact) mass is 294 g/mol. The second kappa shape index (κ2) is 6.90. The molecule has 0 N–H and O–H groups in total. The van der Waals surface area contributed by atoms with Crippen molar-refractivity contribution in [1.29, 1.82) is 0 Å². The van der Waals surface area contributed by atoms with Gasteiger partial charge < -0.3 is 9.47 Å². The molecule has 20 heavy (non-hydrogen) atoms. The van der Waals surface area contributed by atoms with Crippen molar-refractivity contribution in [1.82, 2.24) is 20.2 Å². The number of thioether (sulfide) groups is 1. The Morgan fingerprint density at radius 1 is 1.35 bits per heavy atom. The molecule has 1 heterocycles. The van der Waals surface area contributed by atoms with E-state index >= 15 is 0 Å². The Morgan fingerprint density at radius 3 is 2.90 bits per heavy atom. The normalized spacial score (nSPS) is 10.3. The van der Waals surface area contributed by atoms with E-state index in [0.29, 0.717) is 10.9 Å². The van der Waals surface area contributed by atoms with E-state index in [0.717, 1.165) is 11.3 Å². The first-order valence-corrected chi connectivity index (χ1v) is 6.81. The summed E-state index contributed by atoms with van der Waals surface area (Å²) in [5.41, 5.74) is 1.03. The third-order valence-corrected chi connectivity index (χ3v) is 3.56. The molecular weight excluding hydrogens is 280 g/mol. The number of carbonyl (C=O) groups excluding carboxylic acids is 1. The second-order valence-electron chi connectivity index (χ2n) is 3.80. The van der Waals surface area contributed by atoms with Gasteiger partial charge in [-0.15, -0.1) is 5.10 Å². The van der Waals surface area contributed by atoms with Crippen molar-refractivity contribution in [2.45, 2.75) is 17.5 Å². The van der Waals surface area contributed by atoms with Gasteiger partial charge in [0.1, 0.15) is 12.3 Å². The lowest BCUT2D eigenvalue weighted by molar-refractivity contribution is -0.141. The number of esters is 1. The number of tetrazole rings is 1. The fourth-order valence-electron chi connectivity index (χ4n) is 1.55. The minimum Gasteiger partial charge on any atom is -0.496 e. The number of hydrogen-bond donors (Lipinski definition) is 0. The van der Waals surface area contributed by atoms with Crippen molar-refractivity contribution in [3.05, 3.63) is 29.8 Å². The second-order valence-corrected chi connectivity index (χ2v) is 4.74. The van der Waals surface area contributed by atoms with Gasteiger partial charge in [-0.1, -0.05) is 30.0 Å². The average molecular weight is 294 g/mol. The molecule has 0 saturated carbocycles. The molecule has 0 atom stereocenters. The SMILES string of the molecule is COC(=O)Cn1nnnc1SCc1ccccc1OC. The smallest absolute Gasteiger partial charge is 0.327 e. The van der Waals surface area contributed by atoms with Gasteiger partial charge in [0.15, 0.2) is 0 Å². The Balaban J connectivity index is 2.04. The molecule has 0 saturated heterocycles. The van der Waals surface area contributed by atoms with E-state index in [1.54, 1.807) is 7.11 Å². The maximum Gasteiger partial charge on any atom is 0.327 e. The Hall–Kier alpha value is -2.09. The van der Waals surface area contributed by atoms with Gasteiger partial charge in [-0.25, -0.2) is 4.68 Å². The average Bonchev–Trinajstić information content (AvgIpc) is 2.92. The molecule has 0 radical (unpaired) electrons. The molecule has 0 aliphatic heterocycles. The summed E-state index contributed by atoms with van der Waals surface area (Å²) in [4.78, 5) is 11.2. The molecule has 0 spiro atoms. The first-order chi connectivity index (χ1) is 9.74. The van der Waals surface area contributed by atoms with Crippen LogP contribution in [0.5, 0.6) is 5.75 Å². The van der Waals surface area contributed by atoms with Crippen molar-refractivity contribution in [3.63, 3.8) is 0 Å². The number of para-hydroxylation sites is 1. The summed E-state index contributed by atoms with van der Waals surface area (Å²) >= 11 is 1.43. The van der Waals surface area contributed by atoms with Crippen LogP contribution in [0.2, 0.25) is 0 Å². The molecule has 0 aliphatic carbocycles. The molecule has 8 heteroatoms. The van der Waals surface area contributed by atoms with Crippen molar-refractivity contribution >= 4 is 17.7 Å². The Labute approximate surface area is 120 Å². The Bertz CT molecular complexity index is 588. The predicted molar refractivity (Wildman–Crippen MR) is 72.4 cm³/mol. The van der Waals surface area contributed by atoms with Gasteiger partial charge in [0.05, 0.1) is 14.2 Å². The maximum absolute atomic E-state index is 11.2. The van der Waals surface area contributed by atoms with Gasteiger partial charge >= 0.3 is 5.97 Å². The highest BCUT2D eigenvalue weighted by Gasteiger charge is 2.12. The first-order valence-electron chi connectivity index (χ1n) is 5.82. The van der Waals surface area contributed by atoms with E-state index in [9.17, 15) is 4.79 Å². The fraction of sp³-hybridized carbons (Fsp3) is 0.333. The van der Waals surface area contributed by atoms with Crippen molar-refractivity contribution in [2.75, 3.05) is 14.2 Å². The highest BCUT2D eigenvalue weighted by molar-refractivity contribution is 7.98. The summed E-state index contributed by atoms with van der Waals surface area (Å²) in [6.07, 6.45) is 0. The van der Waals surface area contributed by atoms with Crippen LogP contribution >= 0.6 is 11.8 Å². The van der Waals surface area contributed by atoms with Crippen LogP contribution < -0.4 is 4.74 Å². The lowest BCUT2D eigenvalue weighted by Gasteiger charge is -2.07. The van der Waals surface area contributed by atoms with E-state index in [-0.39, 0.29) is 6.54 Å². The third-order valence-electron chi connectivity index (χ3n) is 2.55. The zero-order chi connectivity index (χ0) is 14.4. The number of methoxy groups -OCH3 is 2. The molecule has 2 aromatic rings. The minimum absolute atomic E-state index is 0.00222.